The van der Waals surface area contributed by atoms with Crippen molar-refractivity contribution >= 4 is 24.8 Å². The smallest absolute Gasteiger partial charge is 0.0221 e. The third-order valence-corrected chi connectivity index (χ3v) is 1.06. The van der Waals surface area contributed by atoms with E-state index in [4.69, 9.17) is 0 Å². The van der Waals surface area contributed by atoms with E-state index in [1.807, 2.05) is 0 Å². The summed E-state index contributed by atoms with van der Waals surface area (Å²) >= 11 is 0. The van der Waals surface area contributed by atoms with Crippen LogP contribution < -0.4 is 5.32 Å². The van der Waals surface area contributed by atoms with E-state index in [1.165, 1.54) is 25.8 Å². The summed E-state index contributed by atoms with van der Waals surface area (Å²) in [5, 5.41) is 3.16. The Bertz CT molecular complexity index is 25.9. The Labute approximate surface area is 63.0 Å². The zero-order chi connectivity index (χ0) is 4.24. The minimum Gasteiger partial charge on any atom is -0.312 e. The molecule has 1 aliphatic rings. The molecule has 1 rings (SSSR count). The average molecular weight is 157 g/mol. The maximum Gasteiger partial charge on any atom is 0.0221 e. The number of piperidine rings is 1. The third-order valence-electron chi connectivity index (χ3n) is 1.06. The van der Waals surface area contributed by atoms with Gasteiger partial charge in [0.05, 0.1) is 0 Å². The van der Waals surface area contributed by atoms with Gasteiger partial charge < -0.3 is 5.32 Å². The largest absolute Gasteiger partial charge is 0.312 e. The predicted octanol–water partition coefficient (Wildman–Crippen LogP) is 1.77. The lowest BCUT2D eigenvalue weighted by Crippen LogP contribution is -2.15. The normalized spacial score (nSPS) is 18.0. The van der Waals surface area contributed by atoms with Crippen LogP contribution in [0.2, 0.25) is 0 Å². The van der Waals surface area contributed by atoms with E-state index >= 15 is 0 Å². The number of hydrogen-bond acceptors (Lipinski definition) is 1. The minimum absolute atomic E-state index is 0. The second kappa shape index (κ2) is 7.54. The van der Waals surface area contributed by atoms with E-state index in [1.54, 1.807) is 0 Å². The molecule has 0 aromatic carbocycles. The van der Waals surface area contributed by atoms with E-state index in [0.717, 1.165) is 0 Å². The van der Waals surface area contributed by atoms with Gasteiger partial charge >= 0.3 is 0 Å². The van der Waals surface area contributed by atoms with Crippen LogP contribution in [0.4, 0.5) is 0 Å². The molecule has 0 bridgehead atoms. The molecule has 1 nitrogen and oxygen atoms in total. The maximum absolute atomic E-state index is 3.16. The van der Waals surface area contributed by atoms with E-state index in [0.29, 0.717) is 0 Å². The van der Waals surface area contributed by atoms with Crippen LogP contribution in [-0.2, 0) is 0 Å². The summed E-state index contributed by atoms with van der Waals surface area (Å²) in [6.07, 6.45) is 4.00. The van der Waals surface area contributed by atoms with Crippen molar-refractivity contribution in [3.63, 3.8) is 0 Å². The summed E-state index contributed by atoms with van der Waals surface area (Å²) in [5.74, 6) is 0. The molecule has 1 N–H and O–H groups in total. The van der Waals surface area contributed by atoms with Crippen molar-refractivity contribution in [1.29, 1.82) is 0 Å². The maximum atomic E-state index is 3.16. The molecule has 1 fully saturated rings. The Morgan fingerprint density at radius 2 is 1.88 bits per heavy atom. The van der Waals surface area contributed by atoms with Crippen LogP contribution in [0.25, 0.3) is 0 Å². The number of nitrogens with one attached hydrogen (secondary N) is 1. The van der Waals surface area contributed by atoms with Gasteiger partial charge in [0.1, 0.15) is 0 Å². The second-order valence-electron chi connectivity index (χ2n) is 1.65. The van der Waals surface area contributed by atoms with Crippen molar-refractivity contribution in [2.75, 3.05) is 6.54 Å². The van der Waals surface area contributed by atoms with Crippen molar-refractivity contribution in [2.45, 2.75) is 19.3 Å². The summed E-state index contributed by atoms with van der Waals surface area (Å²) in [4.78, 5) is 0. The van der Waals surface area contributed by atoms with Crippen LogP contribution in [0.3, 0.4) is 0 Å². The van der Waals surface area contributed by atoms with Crippen LogP contribution >= 0.6 is 24.8 Å². The van der Waals surface area contributed by atoms with Gasteiger partial charge in [-0.25, -0.2) is 0 Å². The average Bonchev–Trinajstić information content (AvgIpc) is 1.72. The first-order valence-corrected chi connectivity index (χ1v) is 2.55. The third kappa shape index (κ3) is 4.69. The van der Waals surface area contributed by atoms with Crippen molar-refractivity contribution in [1.82, 2.24) is 5.32 Å². The first-order chi connectivity index (χ1) is 3.00. The van der Waals surface area contributed by atoms with Crippen molar-refractivity contribution < 1.29 is 0 Å². The molecule has 51 valence electrons. The zero-order valence-corrected chi connectivity index (χ0v) is 6.36. The van der Waals surface area contributed by atoms with Gasteiger partial charge in [-0.15, -0.1) is 24.8 Å². The highest BCUT2D eigenvalue weighted by Gasteiger charge is 1.94. The summed E-state index contributed by atoms with van der Waals surface area (Å²) < 4.78 is 0. The molecule has 0 amide bonds. The minimum atomic E-state index is 0. The molecule has 0 aromatic heterocycles. The summed E-state index contributed by atoms with van der Waals surface area (Å²) in [5.41, 5.74) is 0. The molecule has 0 unspecified atom stereocenters. The molecule has 1 saturated heterocycles. The molecule has 0 spiro atoms. The molecule has 8 heavy (non-hydrogen) atoms. The highest BCUT2D eigenvalue weighted by Crippen LogP contribution is 2.00. The Hall–Kier alpha value is 0.540. The molecule has 0 saturated carbocycles. The fourth-order valence-electron chi connectivity index (χ4n) is 0.678. The van der Waals surface area contributed by atoms with Crippen LogP contribution in [0.15, 0.2) is 0 Å². The standard InChI is InChI=1S/C5H10N.2ClH/c1-2-4-6-5-3-1;;/h4,6H,1-3,5H2;2*1H. The molecule has 3 heteroatoms. The van der Waals surface area contributed by atoms with Gasteiger partial charge in [0.25, 0.3) is 0 Å². The lowest BCUT2D eigenvalue weighted by atomic mass is 10.2. The van der Waals surface area contributed by atoms with Crippen molar-refractivity contribution in [3.8, 4) is 0 Å². The predicted molar refractivity (Wildman–Crippen MR) is 40.6 cm³/mol. The highest BCUT2D eigenvalue weighted by molar-refractivity contribution is 5.85. The van der Waals surface area contributed by atoms with Gasteiger partial charge in [0.2, 0.25) is 0 Å². The summed E-state index contributed by atoms with van der Waals surface area (Å²) in [7, 11) is 0. The molecule has 1 radical (unpaired) electrons. The lowest BCUT2D eigenvalue weighted by Gasteiger charge is -2.08. The molecule has 1 aliphatic heterocycles. The lowest BCUT2D eigenvalue weighted by molar-refractivity contribution is 0.581. The highest BCUT2D eigenvalue weighted by atomic mass is 35.5. The summed E-state index contributed by atoms with van der Waals surface area (Å²) in [6.45, 7) is 3.34. The number of rotatable bonds is 0. The molecular formula is C5H12Cl2N. The second-order valence-corrected chi connectivity index (χ2v) is 1.65. The van der Waals surface area contributed by atoms with E-state index in [2.05, 4.69) is 11.9 Å². The van der Waals surface area contributed by atoms with Crippen LogP contribution in [0.1, 0.15) is 19.3 Å². The van der Waals surface area contributed by atoms with Crippen LogP contribution in [0.5, 0.6) is 0 Å². The quantitative estimate of drug-likeness (QED) is 0.565. The van der Waals surface area contributed by atoms with Gasteiger partial charge in [-0.05, 0) is 19.4 Å². The van der Waals surface area contributed by atoms with Gasteiger partial charge in [-0.2, -0.15) is 0 Å². The van der Waals surface area contributed by atoms with Crippen molar-refractivity contribution in [3.05, 3.63) is 6.54 Å². The Balaban J connectivity index is 0. The van der Waals surface area contributed by atoms with Crippen LogP contribution in [0, 0.1) is 6.54 Å². The van der Waals surface area contributed by atoms with E-state index in [-0.39, 0.29) is 24.8 Å². The zero-order valence-electron chi connectivity index (χ0n) is 4.72. The molecule has 1 heterocycles. The number of halogens is 2. The van der Waals surface area contributed by atoms with Gasteiger partial charge in [0, 0.05) is 6.54 Å². The monoisotopic (exact) mass is 156 g/mol. The Kier molecular flexibility index (Phi) is 10.7. The van der Waals surface area contributed by atoms with Gasteiger partial charge in [0.15, 0.2) is 0 Å². The molecule has 0 aromatic rings. The topological polar surface area (TPSA) is 12.0 Å². The fraction of sp³-hybridized carbons (Fsp3) is 0.800. The Morgan fingerprint density at radius 1 is 1.12 bits per heavy atom. The van der Waals surface area contributed by atoms with E-state index in [9.17, 15) is 0 Å². The van der Waals surface area contributed by atoms with E-state index < -0.39 is 0 Å². The van der Waals surface area contributed by atoms with Crippen molar-refractivity contribution in [2.24, 2.45) is 0 Å². The molecule has 0 aliphatic carbocycles. The van der Waals surface area contributed by atoms with Gasteiger partial charge in [-0.1, -0.05) is 6.42 Å². The first-order valence-electron chi connectivity index (χ1n) is 2.55. The van der Waals surface area contributed by atoms with Crippen LogP contribution in [-0.4, -0.2) is 6.54 Å². The SMILES string of the molecule is Cl.Cl.[CH]1CCCCN1. The first kappa shape index (κ1) is 11.4. The Morgan fingerprint density at radius 3 is 2.00 bits per heavy atom. The van der Waals surface area contributed by atoms with Gasteiger partial charge in [-0.3, -0.25) is 0 Å². The fourth-order valence-corrected chi connectivity index (χ4v) is 0.678. The molecule has 0 atom stereocenters. The molecular weight excluding hydrogens is 145 g/mol. The summed E-state index contributed by atoms with van der Waals surface area (Å²) in [6, 6.07) is 0. The number of hydrogen-bond donors (Lipinski definition) is 1.